The van der Waals surface area contributed by atoms with Crippen LogP contribution >= 0.6 is 39.0 Å². The number of hydrogen-bond acceptors (Lipinski definition) is 4. The van der Waals surface area contributed by atoms with Gasteiger partial charge in [0.05, 0.1) is 9.16 Å². The minimum absolute atomic E-state index is 0.103. The smallest absolute Gasteiger partial charge is 0.327 e. The Morgan fingerprint density at radius 1 is 1.53 bits per heavy atom. The standard InChI is InChI=1S/C12H12BrNO3S2/c1-7-14(9(6-18-7)12(16)17)11(15)5-3-8-2-4-10(13)19-8/h2-5,7,9H,6H2,1H3,(H,16,17). The summed E-state index contributed by atoms with van der Waals surface area (Å²) in [6, 6.07) is 3.07. The average Bonchev–Trinajstić information content (AvgIpc) is 2.92. The molecular weight excluding hydrogens is 350 g/mol. The molecule has 0 bridgehead atoms. The fraction of sp³-hybridized carbons (Fsp3) is 0.333. The van der Waals surface area contributed by atoms with E-state index in [1.54, 1.807) is 6.08 Å². The van der Waals surface area contributed by atoms with E-state index >= 15 is 0 Å². The molecule has 1 aromatic heterocycles. The number of carbonyl (C=O) groups is 2. The van der Waals surface area contributed by atoms with E-state index in [0.29, 0.717) is 5.75 Å². The summed E-state index contributed by atoms with van der Waals surface area (Å²) in [6.45, 7) is 1.85. The Kier molecular flexibility index (Phi) is 4.70. The van der Waals surface area contributed by atoms with E-state index in [0.717, 1.165) is 8.66 Å². The highest BCUT2D eigenvalue weighted by Crippen LogP contribution is 2.29. The number of carbonyl (C=O) groups excluding carboxylic acids is 1. The number of thioether (sulfide) groups is 1. The highest BCUT2D eigenvalue weighted by atomic mass is 79.9. The van der Waals surface area contributed by atoms with E-state index in [1.165, 1.54) is 34.1 Å². The van der Waals surface area contributed by atoms with Gasteiger partial charge in [-0.3, -0.25) is 4.79 Å². The molecular formula is C12H12BrNO3S2. The van der Waals surface area contributed by atoms with E-state index in [4.69, 9.17) is 5.11 Å². The Morgan fingerprint density at radius 3 is 2.84 bits per heavy atom. The molecule has 1 aliphatic heterocycles. The van der Waals surface area contributed by atoms with Gasteiger partial charge in [0.2, 0.25) is 5.91 Å². The van der Waals surface area contributed by atoms with Crippen molar-refractivity contribution >= 4 is 57.0 Å². The molecule has 2 rings (SSSR count). The highest BCUT2D eigenvalue weighted by molar-refractivity contribution is 9.11. The number of aliphatic carboxylic acids is 1. The van der Waals surface area contributed by atoms with Crippen LogP contribution in [-0.4, -0.2) is 39.1 Å². The lowest BCUT2D eigenvalue weighted by atomic mass is 10.2. The molecule has 1 saturated heterocycles. The van der Waals surface area contributed by atoms with Crippen molar-refractivity contribution in [1.29, 1.82) is 0 Å². The lowest BCUT2D eigenvalue weighted by Crippen LogP contribution is -2.43. The van der Waals surface area contributed by atoms with E-state index in [9.17, 15) is 9.59 Å². The third kappa shape index (κ3) is 3.40. The molecule has 19 heavy (non-hydrogen) atoms. The summed E-state index contributed by atoms with van der Waals surface area (Å²) in [6.07, 6.45) is 3.16. The van der Waals surface area contributed by atoms with Gasteiger partial charge in [0.1, 0.15) is 6.04 Å². The van der Waals surface area contributed by atoms with Crippen molar-refractivity contribution in [3.05, 3.63) is 26.9 Å². The molecule has 1 N–H and O–H groups in total. The van der Waals surface area contributed by atoms with Crippen LogP contribution in [0.5, 0.6) is 0 Å². The van der Waals surface area contributed by atoms with E-state index in [1.807, 2.05) is 19.1 Å². The Balaban J connectivity index is 2.10. The second kappa shape index (κ2) is 6.11. The number of thiophene rings is 1. The van der Waals surface area contributed by atoms with Crippen LogP contribution in [0.4, 0.5) is 0 Å². The lowest BCUT2D eigenvalue weighted by molar-refractivity contribution is -0.147. The van der Waals surface area contributed by atoms with Gasteiger partial charge in [0.15, 0.2) is 0 Å². The Labute approximate surface area is 127 Å². The van der Waals surface area contributed by atoms with Crippen molar-refractivity contribution < 1.29 is 14.7 Å². The fourth-order valence-corrected chi connectivity index (χ4v) is 4.33. The van der Waals surface area contributed by atoms with E-state index < -0.39 is 12.0 Å². The second-order valence-electron chi connectivity index (χ2n) is 4.01. The Bertz CT molecular complexity index is 529. The molecule has 0 spiro atoms. The Morgan fingerprint density at radius 2 is 2.26 bits per heavy atom. The van der Waals surface area contributed by atoms with Crippen LogP contribution in [0.1, 0.15) is 11.8 Å². The summed E-state index contributed by atoms with van der Waals surface area (Å²) in [5, 5.41) is 9.00. The van der Waals surface area contributed by atoms with Gasteiger partial charge in [0, 0.05) is 16.7 Å². The largest absolute Gasteiger partial charge is 0.480 e. The number of hydrogen-bond donors (Lipinski definition) is 1. The zero-order valence-corrected chi connectivity index (χ0v) is 13.3. The molecule has 2 unspecified atom stereocenters. The van der Waals surface area contributed by atoms with Crippen LogP contribution < -0.4 is 0 Å². The molecule has 0 aromatic carbocycles. The fourth-order valence-electron chi connectivity index (χ4n) is 1.82. The summed E-state index contributed by atoms with van der Waals surface area (Å²) < 4.78 is 0.994. The van der Waals surface area contributed by atoms with Gasteiger partial charge in [-0.2, -0.15) is 0 Å². The molecule has 0 aliphatic carbocycles. The first-order chi connectivity index (χ1) is 8.99. The number of carboxylic acids is 1. The van der Waals surface area contributed by atoms with E-state index in [-0.39, 0.29) is 11.3 Å². The van der Waals surface area contributed by atoms with Gasteiger partial charge >= 0.3 is 5.97 Å². The molecule has 0 saturated carbocycles. The SMILES string of the molecule is CC1SCC(C(=O)O)N1C(=O)C=Cc1ccc(Br)s1. The number of nitrogens with zero attached hydrogens (tertiary/aromatic N) is 1. The molecule has 2 heterocycles. The first kappa shape index (κ1) is 14.6. The van der Waals surface area contributed by atoms with Crippen LogP contribution in [0.15, 0.2) is 22.0 Å². The molecule has 0 radical (unpaired) electrons. The predicted molar refractivity (Wildman–Crippen MR) is 81.2 cm³/mol. The maximum Gasteiger partial charge on any atom is 0.327 e. The second-order valence-corrected chi connectivity index (χ2v) is 7.85. The summed E-state index contributed by atoms with van der Waals surface area (Å²) >= 11 is 6.35. The average molecular weight is 362 g/mol. The first-order valence-corrected chi connectivity index (χ1v) is 8.25. The predicted octanol–water partition coefficient (Wildman–Crippen LogP) is 2.90. The number of carboxylic acid groups (broad SMARTS) is 1. The summed E-state index contributed by atoms with van der Waals surface area (Å²) in [7, 11) is 0. The van der Waals surface area contributed by atoms with Gasteiger partial charge < -0.3 is 10.0 Å². The molecule has 1 fully saturated rings. The van der Waals surface area contributed by atoms with Crippen molar-refractivity contribution in [2.45, 2.75) is 18.3 Å². The van der Waals surface area contributed by atoms with Crippen LogP contribution in [0.3, 0.4) is 0 Å². The number of amides is 1. The number of halogens is 1. The summed E-state index contributed by atoms with van der Waals surface area (Å²) in [5.74, 6) is -0.757. The summed E-state index contributed by atoms with van der Waals surface area (Å²) in [5.41, 5.74) is 0. The minimum atomic E-state index is -0.947. The van der Waals surface area contributed by atoms with Crippen molar-refractivity contribution in [1.82, 2.24) is 4.90 Å². The van der Waals surface area contributed by atoms with Gasteiger partial charge in [-0.15, -0.1) is 23.1 Å². The van der Waals surface area contributed by atoms with Crippen LogP contribution in [-0.2, 0) is 9.59 Å². The zero-order chi connectivity index (χ0) is 14.0. The van der Waals surface area contributed by atoms with Gasteiger partial charge in [-0.05, 0) is 41.1 Å². The monoisotopic (exact) mass is 361 g/mol. The highest BCUT2D eigenvalue weighted by Gasteiger charge is 2.38. The van der Waals surface area contributed by atoms with Crippen LogP contribution in [0.25, 0.3) is 6.08 Å². The molecule has 1 aliphatic rings. The van der Waals surface area contributed by atoms with Crippen LogP contribution in [0.2, 0.25) is 0 Å². The van der Waals surface area contributed by atoms with E-state index in [2.05, 4.69) is 15.9 Å². The summed E-state index contributed by atoms with van der Waals surface area (Å²) in [4.78, 5) is 25.6. The lowest BCUT2D eigenvalue weighted by Gasteiger charge is -2.23. The third-order valence-electron chi connectivity index (χ3n) is 2.75. The molecule has 2 atom stereocenters. The topological polar surface area (TPSA) is 57.6 Å². The first-order valence-electron chi connectivity index (χ1n) is 5.59. The van der Waals surface area contributed by atoms with Gasteiger partial charge in [-0.25, -0.2) is 4.79 Å². The molecule has 102 valence electrons. The molecule has 1 aromatic rings. The maximum atomic E-state index is 12.1. The zero-order valence-electron chi connectivity index (χ0n) is 10.1. The third-order valence-corrected chi connectivity index (χ3v) is 5.55. The molecule has 1 amide bonds. The van der Waals surface area contributed by atoms with Gasteiger partial charge in [0.25, 0.3) is 0 Å². The van der Waals surface area contributed by atoms with Crippen molar-refractivity contribution in [2.24, 2.45) is 0 Å². The van der Waals surface area contributed by atoms with Crippen LogP contribution in [0, 0.1) is 0 Å². The maximum absolute atomic E-state index is 12.1. The quantitative estimate of drug-likeness (QED) is 0.840. The molecule has 7 heteroatoms. The van der Waals surface area contributed by atoms with Crippen molar-refractivity contribution in [2.75, 3.05) is 5.75 Å². The minimum Gasteiger partial charge on any atom is -0.480 e. The molecule has 4 nitrogen and oxygen atoms in total. The van der Waals surface area contributed by atoms with Crippen molar-refractivity contribution in [3.63, 3.8) is 0 Å². The van der Waals surface area contributed by atoms with Crippen molar-refractivity contribution in [3.8, 4) is 0 Å². The number of rotatable bonds is 3. The van der Waals surface area contributed by atoms with Gasteiger partial charge in [-0.1, -0.05) is 0 Å². The normalized spacial score (nSPS) is 23.2. The Hall–Kier alpha value is -0.790.